The van der Waals surface area contributed by atoms with E-state index in [-0.39, 0.29) is 6.04 Å². The second-order valence-corrected chi connectivity index (χ2v) is 6.50. The summed E-state index contributed by atoms with van der Waals surface area (Å²) in [7, 11) is 0. The maximum absolute atomic E-state index is 12.6. The number of carbonyl (C=O) groups excluding carboxylic acids is 1. The van der Waals surface area contributed by atoms with Crippen LogP contribution in [0.5, 0.6) is 0 Å². The number of allylic oxidation sites excluding steroid dienone is 1. The fourth-order valence-corrected chi connectivity index (χ4v) is 4.09. The average Bonchev–Trinajstić information content (AvgIpc) is 2.90. The highest BCUT2D eigenvalue weighted by Gasteiger charge is 2.40. The van der Waals surface area contributed by atoms with Crippen LogP contribution < -0.4 is 5.32 Å². The van der Waals surface area contributed by atoms with E-state index in [2.05, 4.69) is 16.8 Å². The summed E-state index contributed by atoms with van der Waals surface area (Å²) in [4.78, 5) is 14.7. The Labute approximate surface area is 116 Å². The minimum Gasteiger partial charge on any atom is -0.341 e. The normalized spacial score (nSPS) is 36.0. The van der Waals surface area contributed by atoms with Crippen molar-refractivity contribution in [3.05, 3.63) is 12.7 Å². The van der Waals surface area contributed by atoms with Crippen LogP contribution in [0, 0.1) is 11.8 Å². The number of hydrogen-bond donors (Lipinski definition) is 1. The van der Waals surface area contributed by atoms with Crippen molar-refractivity contribution in [2.24, 2.45) is 11.8 Å². The van der Waals surface area contributed by atoms with Crippen molar-refractivity contribution < 1.29 is 4.79 Å². The third-order valence-electron chi connectivity index (χ3n) is 5.35. The number of carbonyl (C=O) groups is 1. The highest BCUT2D eigenvalue weighted by Crippen LogP contribution is 2.34. The van der Waals surface area contributed by atoms with Gasteiger partial charge in [-0.05, 0) is 43.9 Å². The van der Waals surface area contributed by atoms with Crippen LogP contribution in [-0.4, -0.2) is 36.0 Å². The first-order valence-corrected chi connectivity index (χ1v) is 7.95. The van der Waals surface area contributed by atoms with Gasteiger partial charge >= 0.3 is 0 Å². The number of hydrogen-bond acceptors (Lipinski definition) is 2. The Bertz CT molecular complexity index is 333. The standard InChI is InChI=1S/C16H26N2O/c1-2-12-7-9-18(10-8-12)16(19)15-11-13-5-3-4-6-14(13)17-15/h2,12-15,17H,1,3-11H2. The van der Waals surface area contributed by atoms with Crippen LogP contribution in [0.15, 0.2) is 12.7 Å². The highest BCUT2D eigenvalue weighted by molar-refractivity contribution is 5.82. The molecule has 0 radical (unpaired) electrons. The monoisotopic (exact) mass is 262 g/mol. The number of piperidine rings is 1. The van der Waals surface area contributed by atoms with Crippen molar-refractivity contribution >= 4 is 5.91 Å². The van der Waals surface area contributed by atoms with Gasteiger partial charge < -0.3 is 10.2 Å². The van der Waals surface area contributed by atoms with E-state index >= 15 is 0 Å². The summed E-state index contributed by atoms with van der Waals surface area (Å²) in [5, 5.41) is 3.60. The van der Waals surface area contributed by atoms with Gasteiger partial charge in [-0.3, -0.25) is 4.79 Å². The molecule has 2 saturated heterocycles. The predicted molar refractivity (Wildman–Crippen MR) is 76.8 cm³/mol. The van der Waals surface area contributed by atoms with E-state index in [1.54, 1.807) is 0 Å². The fourth-order valence-electron chi connectivity index (χ4n) is 4.09. The lowest BCUT2D eigenvalue weighted by Crippen LogP contribution is -2.48. The molecule has 3 atom stereocenters. The summed E-state index contributed by atoms with van der Waals surface area (Å²) in [6.07, 6.45) is 10.6. The Balaban J connectivity index is 1.55. The van der Waals surface area contributed by atoms with Gasteiger partial charge in [0.25, 0.3) is 0 Å². The summed E-state index contributed by atoms with van der Waals surface area (Å²) in [5.74, 6) is 1.73. The first-order valence-electron chi connectivity index (χ1n) is 7.95. The summed E-state index contributed by atoms with van der Waals surface area (Å²) in [5.41, 5.74) is 0. The third kappa shape index (κ3) is 2.71. The third-order valence-corrected chi connectivity index (χ3v) is 5.35. The van der Waals surface area contributed by atoms with Gasteiger partial charge in [0, 0.05) is 19.1 Å². The van der Waals surface area contributed by atoms with E-state index in [0.717, 1.165) is 38.3 Å². The van der Waals surface area contributed by atoms with Gasteiger partial charge in [-0.1, -0.05) is 18.9 Å². The number of amides is 1. The Morgan fingerprint density at radius 2 is 1.89 bits per heavy atom. The van der Waals surface area contributed by atoms with E-state index in [4.69, 9.17) is 0 Å². The number of fused-ring (bicyclic) bond motifs is 1. The average molecular weight is 262 g/mol. The van der Waals surface area contributed by atoms with Crippen LogP contribution in [-0.2, 0) is 4.79 Å². The summed E-state index contributed by atoms with van der Waals surface area (Å²) in [6, 6.07) is 0.724. The fraction of sp³-hybridized carbons (Fsp3) is 0.812. The minimum absolute atomic E-state index is 0.105. The van der Waals surface area contributed by atoms with Crippen LogP contribution in [0.2, 0.25) is 0 Å². The first kappa shape index (κ1) is 13.2. The molecule has 3 aliphatic rings. The van der Waals surface area contributed by atoms with Gasteiger partial charge in [-0.15, -0.1) is 6.58 Å². The molecule has 0 spiro atoms. The second-order valence-electron chi connectivity index (χ2n) is 6.50. The van der Waals surface area contributed by atoms with Gasteiger partial charge in [0.1, 0.15) is 0 Å². The van der Waals surface area contributed by atoms with Crippen LogP contribution in [0.1, 0.15) is 44.9 Å². The zero-order chi connectivity index (χ0) is 13.2. The van der Waals surface area contributed by atoms with E-state index in [0.29, 0.717) is 17.9 Å². The molecule has 0 aromatic carbocycles. The molecule has 0 aromatic heterocycles. The van der Waals surface area contributed by atoms with Gasteiger partial charge in [0.15, 0.2) is 0 Å². The maximum Gasteiger partial charge on any atom is 0.239 e. The smallest absolute Gasteiger partial charge is 0.239 e. The topological polar surface area (TPSA) is 32.3 Å². The molecule has 3 fully saturated rings. The van der Waals surface area contributed by atoms with E-state index in [1.165, 1.54) is 25.7 Å². The molecule has 1 amide bonds. The molecule has 19 heavy (non-hydrogen) atoms. The van der Waals surface area contributed by atoms with Crippen molar-refractivity contribution in [3.8, 4) is 0 Å². The molecular formula is C16H26N2O. The molecule has 2 aliphatic heterocycles. The zero-order valence-corrected chi connectivity index (χ0v) is 11.8. The highest BCUT2D eigenvalue weighted by atomic mass is 16.2. The van der Waals surface area contributed by atoms with Crippen molar-refractivity contribution in [2.75, 3.05) is 13.1 Å². The van der Waals surface area contributed by atoms with Gasteiger partial charge in [0.2, 0.25) is 5.91 Å². The Morgan fingerprint density at radius 1 is 1.16 bits per heavy atom. The lowest BCUT2D eigenvalue weighted by Gasteiger charge is -2.32. The minimum atomic E-state index is 0.105. The molecule has 0 aromatic rings. The number of nitrogens with one attached hydrogen (secondary N) is 1. The second kappa shape index (κ2) is 5.66. The molecule has 3 heteroatoms. The molecular weight excluding hydrogens is 236 g/mol. The van der Waals surface area contributed by atoms with Crippen LogP contribution >= 0.6 is 0 Å². The lowest BCUT2D eigenvalue weighted by molar-refractivity contribution is -0.134. The van der Waals surface area contributed by atoms with Crippen molar-refractivity contribution in [1.29, 1.82) is 0 Å². The van der Waals surface area contributed by atoms with Crippen molar-refractivity contribution in [3.63, 3.8) is 0 Å². The van der Waals surface area contributed by atoms with Crippen LogP contribution in [0.3, 0.4) is 0 Å². The maximum atomic E-state index is 12.6. The molecule has 1 saturated carbocycles. The largest absolute Gasteiger partial charge is 0.341 e. The van der Waals surface area contributed by atoms with Crippen LogP contribution in [0.4, 0.5) is 0 Å². The Kier molecular flexibility index (Phi) is 3.92. The summed E-state index contributed by atoms with van der Waals surface area (Å²) in [6.45, 7) is 5.70. The van der Waals surface area contributed by atoms with Gasteiger partial charge in [-0.2, -0.15) is 0 Å². The van der Waals surface area contributed by atoms with E-state index in [1.807, 2.05) is 6.08 Å². The molecule has 1 N–H and O–H groups in total. The Hall–Kier alpha value is -0.830. The molecule has 3 unspecified atom stereocenters. The molecule has 3 nitrogen and oxygen atoms in total. The molecule has 2 heterocycles. The molecule has 1 aliphatic carbocycles. The Morgan fingerprint density at radius 3 is 2.58 bits per heavy atom. The first-order chi connectivity index (χ1) is 9.28. The van der Waals surface area contributed by atoms with Gasteiger partial charge in [-0.25, -0.2) is 0 Å². The van der Waals surface area contributed by atoms with Crippen molar-refractivity contribution in [2.45, 2.75) is 57.0 Å². The number of rotatable bonds is 2. The number of likely N-dealkylation sites (tertiary alicyclic amines) is 1. The zero-order valence-electron chi connectivity index (χ0n) is 11.8. The molecule has 106 valence electrons. The lowest BCUT2D eigenvalue weighted by atomic mass is 9.85. The van der Waals surface area contributed by atoms with Crippen LogP contribution in [0.25, 0.3) is 0 Å². The summed E-state index contributed by atoms with van der Waals surface area (Å²) < 4.78 is 0. The SMILES string of the molecule is C=CC1CCN(C(=O)C2CC3CCCCC3N2)CC1. The van der Waals surface area contributed by atoms with Gasteiger partial charge in [0.05, 0.1) is 6.04 Å². The van der Waals surface area contributed by atoms with E-state index in [9.17, 15) is 4.79 Å². The quantitative estimate of drug-likeness (QED) is 0.775. The molecule has 3 rings (SSSR count). The molecule has 0 bridgehead atoms. The van der Waals surface area contributed by atoms with E-state index < -0.39 is 0 Å². The number of nitrogens with zero attached hydrogens (tertiary/aromatic N) is 1. The predicted octanol–water partition coefficient (Wildman–Crippen LogP) is 2.33. The summed E-state index contributed by atoms with van der Waals surface area (Å²) >= 11 is 0. The van der Waals surface area contributed by atoms with Crippen molar-refractivity contribution in [1.82, 2.24) is 10.2 Å².